The Hall–Kier alpha value is -6.00. The van der Waals surface area contributed by atoms with Gasteiger partial charge in [0.15, 0.2) is 0 Å². The molecule has 0 saturated carbocycles. The number of aromatic nitrogens is 1. The molecule has 0 unspecified atom stereocenters. The molecule has 0 spiro atoms. The summed E-state index contributed by atoms with van der Waals surface area (Å²) in [6, 6.07) is 50.3. The SMILES string of the molecule is CC(C)(C)c1ccc(N2c3ccc(C(C)(C)C)cc3B3c4cc5c6ccccc6n6c7ccccc7c(c4N(c4ccc7c(c4)C(C)(C)CC7(C)C)c4cc(C(C)(C)C)cc2c43)c56)cc1. The van der Waals surface area contributed by atoms with Gasteiger partial charge in [-0.15, -0.1) is 0 Å². The standard InChI is InChI=1S/C61H62BN3/c1-57(2,3)36-22-25-39(26-23-36)63-50-29-24-37(58(4,5)6)30-46(50)62-47-34-43-41-18-14-16-20-48(41)65-49-21-17-15-19-42(49)53(55(43)65)56(47)64(52-32-38(59(7,8)9)31-51(63)54(52)62)40-27-28-44-45(33-40)61(12,13)35-60(44,10)11/h14-34H,35H2,1-13H3. The molecule has 0 radical (unpaired) electrons. The van der Waals surface area contributed by atoms with Crippen LogP contribution in [0.1, 0.15) is 124 Å². The Bertz CT molecular complexity index is 3470. The minimum atomic E-state index is -0.116. The van der Waals surface area contributed by atoms with Crippen molar-refractivity contribution in [2.45, 2.75) is 124 Å². The van der Waals surface area contributed by atoms with Crippen molar-refractivity contribution in [3.8, 4) is 0 Å². The number of anilines is 6. The van der Waals surface area contributed by atoms with E-state index >= 15 is 0 Å². The quantitative estimate of drug-likeness (QED) is 0.161. The van der Waals surface area contributed by atoms with E-state index in [0.29, 0.717) is 0 Å². The van der Waals surface area contributed by atoms with Gasteiger partial charge in [0.25, 0.3) is 6.71 Å². The van der Waals surface area contributed by atoms with Crippen LogP contribution < -0.4 is 26.2 Å². The fourth-order valence-electron chi connectivity index (χ4n) is 12.7. The highest BCUT2D eigenvalue weighted by Gasteiger charge is 2.47. The lowest BCUT2D eigenvalue weighted by Crippen LogP contribution is -2.61. The van der Waals surface area contributed by atoms with Crippen molar-refractivity contribution in [1.29, 1.82) is 0 Å². The lowest BCUT2D eigenvalue weighted by Gasteiger charge is -2.46. The summed E-state index contributed by atoms with van der Waals surface area (Å²) in [7, 11) is 0. The van der Waals surface area contributed by atoms with Crippen molar-refractivity contribution in [2.75, 3.05) is 9.80 Å². The summed E-state index contributed by atoms with van der Waals surface area (Å²) in [4.78, 5) is 5.33. The normalized spacial score (nSPS) is 16.5. The van der Waals surface area contributed by atoms with Crippen LogP contribution in [0.25, 0.3) is 38.1 Å². The van der Waals surface area contributed by atoms with Crippen LogP contribution in [-0.4, -0.2) is 11.1 Å². The minimum Gasteiger partial charge on any atom is -0.311 e. The smallest absolute Gasteiger partial charge is 0.252 e. The molecule has 3 nitrogen and oxygen atoms in total. The molecule has 0 atom stereocenters. The third-order valence-corrected chi connectivity index (χ3v) is 15.7. The molecule has 0 saturated heterocycles. The Morgan fingerprint density at radius 1 is 0.462 bits per heavy atom. The highest BCUT2D eigenvalue weighted by molar-refractivity contribution is 7.00. The average Bonchev–Trinajstić information content (AvgIpc) is 3.83. The molecule has 65 heavy (non-hydrogen) atoms. The molecule has 0 fully saturated rings. The minimum absolute atomic E-state index is 0.0111. The molecule has 0 amide bonds. The van der Waals surface area contributed by atoms with Crippen LogP contribution in [0.3, 0.4) is 0 Å². The number of hydrogen-bond donors (Lipinski definition) is 0. The summed E-state index contributed by atoms with van der Waals surface area (Å²) >= 11 is 0. The van der Waals surface area contributed by atoms with E-state index < -0.39 is 0 Å². The van der Waals surface area contributed by atoms with Crippen molar-refractivity contribution in [1.82, 2.24) is 4.40 Å². The van der Waals surface area contributed by atoms with Crippen molar-refractivity contribution in [3.05, 3.63) is 155 Å². The fraction of sp³-hybridized carbons (Fsp3) is 0.311. The molecule has 324 valence electrons. The third-order valence-electron chi connectivity index (χ3n) is 15.7. The van der Waals surface area contributed by atoms with Crippen LogP contribution in [-0.2, 0) is 27.1 Å². The number of benzene rings is 7. The molecule has 4 heterocycles. The summed E-state index contributed by atoms with van der Waals surface area (Å²) < 4.78 is 2.56. The summed E-state index contributed by atoms with van der Waals surface area (Å²) in [5, 5.41) is 5.28. The first-order valence-corrected chi connectivity index (χ1v) is 24.0. The first-order valence-electron chi connectivity index (χ1n) is 24.0. The van der Waals surface area contributed by atoms with E-state index in [9.17, 15) is 0 Å². The van der Waals surface area contributed by atoms with Gasteiger partial charge >= 0.3 is 0 Å². The second-order valence-corrected chi connectivity index (χ2v) is 24.2. The predicted molar refractivity (Wildman–Crippen MR) is 282 cm³/mol. The molecule has 7 aromatic carbocycles. The second kappa shape index (κ2) is 12.9. The molecule has 2 aromatic heterocycles. The molecule has 0 bridgehead atoms. The van der Waals surface area contributed by atoms with E-state index in [2.05, 4.69) is 232 Å². The van der Waals surface area contributed by atoms with Gasteiger partial charge in [-0.3, -0.25) is 0 Å². The summed E-state index contributed by atoms with van der Waals surface area (Å²) in [6.07, 6.45) is 1.13. The number of nitrogens with zero attached hydrogens (tertiary/aromatic N) is 3. The topological polar surface area (TPSA) is 10.9 Å². The van der Waals surface area contributed by atoms with Gasteiger partial charge in [-0.25, -0.2) is 0 Å². The molecular formula is C61H62BN3. The zero-order valence-corrected chi connectivity index (χ0v) is 40.8. The van der Waals surface area contributed by atoms with Crippen LogP contribution in [0.4, 0.5) is 34.1 Å². The number of hydrogen-bond acceptors (Lipinski definition) is 2. The monoisotopic (exact) mass is 848 g/mol. The molecule has 2 aliphatic heterocycles. The van der Waals surface area contributed by atoms with Gasteiger partial charge in [-0.1, -0.05) is 163 Å². The van der Waals surface area contributed by atoms with Crippen LogP contribution in [0.2, 0.25) is 0 Å². The lowest BCUT2D eigenvalue weighted by atomic mass is 9.33. The van der Waals surface area contributed by atoms with Gasteiger partial charge in [0.2, 0.25) is 0 Å². The highest BCUT2D eigenvalue weighted by atomic mass is 15.2. The Morgan fingerprint density at radius 2 is 1.03 bits per heavy atom. The first-order chi connectivity index (χ1) is 30.6. The zero-order chi connectivity index (χ0) is 45.5. The predicted octanol–water partition coefficient (Wildman–Crippen LogP) is 14.8. The van der Waals surface area contributed by atoms with Gasteiger partial charge < -0.3 is 14.2 Å². The Labute approximate surface area is 386 Å². The number of fused-ring (bicyclic) bond motifs is 12. The van der Waals surface area contributed by atoms with Crippen LogP contribution in [0.5, 0.6) is 0 Å². The van der Waals surface area contributed by atoms with Crippen molar-refractivity contribution in [3.63, 3.8) is 0 Å². The van der Waals surface area contributed by atoms with E-state index in [1.807, 2.05) is 0 Å². The molecular weight excluding hydrogens is 786 g/mol. The van der Waals surface area contributed by atoms with E-state index in [-0.39, 0.29) is 33.8 Å². The van der Waals surface area contributed by atoms with Gasteiger partial charge in [-0.05, 0) is 132 Å². The molecule has 4 heteroatoms. The van der Waals surface area contributed by atoms with E-state index in [4.69, 9.17) is 0 Å². The Balaban J connectivity index is 1.28. The van der Waals surface area contributed by atoms with Crippen LogP contribution >= 0.6 is 0 Å². The van der Waals surface area contributed by atoms with E-state index in [1.54, 1.807) is 0 Å². The second-order valence-electron chi connectivity index (χ2n) is 24.2. The summed E-state index contributed by atoms with van der Waals surface area (Å²) in [5.74, 6) is 0. The Morgan fingerprint density at radius 3 is 1.69 bits per heavy atom. The van der Waals surface area contributed by atoms with E-state index in [0.717, 1.165) is 6.42 Å². The molecule has 1 aliphatic carbocycles. The fourth-order valence-corrected chi connectivity index (χ4v) is 12.7. The van der Waals surface area contributed by atoms with E-state index in [1.165, 1.54) is 116 Å². The largest absolute Gasteiger partial charge is 0.311 e. The average molecular weight is 848 g/mol. The summed E-state index contributed by atoms with van der Waals surface area (Å²) in [6.45, 7) is 30.9. The van der Waals surface area contributed by atoms with Crippen LogP contribution in [0.15, 0.2) is 127 Å². The molecule has 0 N–H and O–H groups in total. The number of rotatable bonds is 2. The highest BCUT2D eigenvalue weighted by Crippen LogP contribution is 2.55. The van der Waals surface area contributed by atoms with Crippen molar-refractivity contribution in [2.24, 2.45) is 0 Å². The van der Waals surface area contributed by atoms with Gasteiger partial charge in [0, 0.05) is 50.0 Å². The Kier molecular flexibility index (Phi) is 8.02. The van der Waals surface area contributed by atoms with Crippen molar-refractivity contribution >= 4 is 95.3 Å². The third kappa shape index (κ3) is 5.61. The summed E-state index contributed by atoms with van der Waals surface area (Å²) in [5.41, 5.74) is 22.5. The molecule has 9 aromatic rings. The maximum Gasteiger partial charge on any atom is 0.252 e. The van der Waals surface area contributed by atoms with Gasteiger partial charge in [0.05, 0.1) is 22.2 Å². The lowest BCUT2D eigenvalue weighted by molar-refractivity contribution is 0.403. The molecule has 3 aliphatic rings. The van der Waals surface area contributed by atoms with Crippen molar-refractivity contribution < 1.29 is 0 Å². The zero-order valence-electron chi connectivity index (χ0n) is 40.8. The maximum absolute atomic E-state index is 2.72. The van der Waals surface area contributed by atoms with Crippen LogP contribution in [0, 0.1) is 0 Å². The maximum atomic E-state index is 2.72. The van der Waals surface area contributed by atoms with Gasteiger partial charge in [-0.2, -0.15) is 0 Å². The molecule has 12 rings (SSSR count). The first kappa shape index (κ1) is 40.5. The van der Waals surface area contributed by atoms with Gasteiger partial charge in [0.1, 0.15) is 0 Å². The number of para-hydroxylation sites is 2.